The Bertz CT molecular complexity index is 782. The molecular weight excluding hydrogens is 280 g/mol. The van der Waals surface area contributed by atoms with E-state index in [1.807, 2.05) is 25.1 Å². The number of benzene rings is 1. The zero-order valence-electron chi connectivity index (χ0n) is 12.8. The summed E-state index contributed by atoms with van der Waals surface area (Å²) in [7, 11) is 0. The zero-order chi connectivity index (χ0) is 15.7. The van der Waals surface area contributed by atoms with E-state index in [1.54, 1.807) is 6.92 Å². The van der Waals surface area contributed by atoms with Crippen LogP contribution >= 0.6 is 0 Å². The van der Waals surface area contributed by atoms with Crippen LogP contribution in [0.15, 0.2) is 23.0 Å². The van der Waals surface area contributed by atoms with Gasteiger partial charge in [0.15, 0.2) is 0 Å². The standard InChI is InChI=1S/C16H20N4O2/c1-3-17-11-6-4-7-12-14(11)16(22)20(10(2)19-12)13-8-5-9-18-15(13)21/h4,6-7,13,17H,3,5,8-9H2,1-2H3,(H,18,21). The summed E-state index contributed by atoms with van der Waals surface area (Å²) in [4.78, 5) is 29.7. The Labute approximate surface area is 128 Å². The van der Waals surface area contributed by atoms with Crippen molar-refractivity contribution in [3.63, 3.8) is 0 Å². The number of rotatable bonds is 3. The van der Waals surface area contributed by atoms with Gasteiger partial charge in [-0.3, -0.25) is 14.2 Å². The summed E-state index contributed by atoms with van der Waals surface area (Å²) >= 11 is 0. The van der Waals surface area contributed by atoms with Gasteiger partial charge >= 0.3 is 0 Å². The molecule has 6 heteroatoms. The third kappa shape index (κ3) is 2.34. The van der Waals surface area contributed by atoms with Gasteiger partial charge in [-0.1, -0.05) is 6.07 Å². The van der Waals surface area contributed by atoms with Crippen molar-refractivity contribution in [2.45, 2.75) is 32.7 Å². The molecule has 0 radical (unpaired) electrons. The molecular formula is C16H20N4O2. The molecule has 6 nitrogen and oxygen atoms in total. The summed E-state index contributed by atoms with van der Waals surface area (Å²) in [5, 5.41) is 6.58. The van der Waals surface area contributed by atoms with Gasteiger partial charge in [0.2, 0.25) is 5.91 Å². The quantitative estimate of drug-likeness (QED) is 0.902. The number of hydrogen-bond acceptors (Lipinski definition) is 4. The molecule has 116 valence electrons. The van der Waals surface area contributed by atoms with Crippen LogP contribution < -0.4 is 16.2 Å². The number of aromatic nitrogens is 2. The Morgan fingerprint density at radius 2 is 2.23 bits per heavy atom. The Morgan fingerprint density at radius 1 is 1.41 bits per heavy atom. The summed E-state index contributed by atoms with van der Waals surface area (Å²) < 4.78 is 1.54. The number of amides is 1. The smallest absolute Gasteiger partial charge is 0.264 e. The maximum atomic E-state index is 13.0. The predicted octanol–water partition coefficient (Wildman–Crippen LogP) is 1.59. The maximum absolute atomic E-state index is 13.0. The van der Waals surface area contributed by atoms with Crippen LogP contribution in [-0.2, 0) is 4.79 Å². The van der Waals surface area contributed by atoms with Gasteiger partial charge in [0.05, 0.1) is 10.9 Å². The SMILES string of the molecule is CCNc1cccc2nc(C)n(C3CCCNC3=O)c(=O)c12. The van der Waals surface area contributed by atoms with Crippen molar-refractivity contribution >= 4 is 22.5 Å². The normalized spacial score (nSPS) is 18.3. The predicted molar refractivity (Wildman–Crippen MR) is 86.2 cm³/mol. The van der Waals surface area contributed by atoms with E-state index >= 15 is 0 Å². The number of carbonyl (C=O) groups is 1. The third-order valence-electron chi connectivity index (χ3n) is 4.04. The molecule has 0 aliphatic carbocycles. The topological polar surface area (TPSA) is 76.0 Å². The number of nitrogens with one attached hydrogen (secondary N) is 2. The number of aryl methyl sites for hydroxylation is 1. The highest BCUT2D eigenvalue weighted by atomic mass is 16.2. The van der Waals surface area contributed by atoms with Gasteiger partial charge < -0.3 is 10.6 Å². The van der Waals surface area contributed by atoms with Crippen molar-refractivity contribution < 1.29 is 4.79 Å². The first-order chi connectivity index (χ1) is 10.6. The number of fused-ring (bicyclic) bond motifs is 1. The van der Waals surface area contributed by atoms with Crippen LogP contribution in [0.4, 0.5) is 5.69 Å². The summed E-state index contributed by atoms with van der Waals surface area (Å²) in [6.07, 6.45) is 1.54. The largest absolute Gasteiger partial charge is 0.385 e. The monoisotopic (exact) mass is 300 g/mol. The summed E-state index contributed by atoms with van der Waals surface area (Å²) in [5.74, 6) is 0.478. The second kappa shape index (κ2) is 5.79. The molecule has 1 aromatic heterocycles. The van der Waals surface area contributed by atoms with E-state index in [4.69, 9.17) is 0 Å². The van der Waals surface area contributed by atoms with Crippen molar-refractivity contribution in [2.24, 2.45) is 0 Å². The molecule has 2 N–H and O–H groups in total. The second-order valence-electron chi connectivity index (χ2n) is 5.51. The highest BCUT2D eigenvalue weighted by molar-refractivity contribution is 5.91. The van der Waals surface area contributed by atoms with Crippen LogP contribution in [0.2, 0.25) is 0 Å². The van der Waals surface area contributed by atoms with E-state index in [1.165, 1.54) is 4.57 Å². The zero-order valence-corrected chi connectivity index (χ0v) is 12.8. The number of nitrogens with zero attached hydrogens (tertiary/aromatic N) is 2. The third-order valence-corrected chi connectivity index (χ3v) is 4.04. The van der Waals surface area contributed by atoms with E-state index in [0.717, 1.165) is 18.7 Å². The van der Waals surface area contributed by atoms with Gasteiger partial charge in [-0.25, -0.2) is 4.98 Å². The van der Waals surface area contributed by atoms with Crippen molar-refractivity contribution in [2.75, 3.05) is 18.4 Å². The van der Waals surface area contributed by atoms with Crippen LogP contribution in [0, 0.1) is 6.92 Å². The fourth-order valence-corrected chi connectivity index (χ4v) is 3.06. The van der Waals surface area contributed by atoms with Crippen LogP contribution in [0.3, 0.4) is 0 Å². The highest BCUT2D eigenvalue weighted by Crippen LogP contribution is 2.22. The first-order valence-electron chi connectivity index (χ1n) is 7.67. The molecule has 2 heterocycles. The average Bonchev–Trinajstić information content (AvgIpc) is 2.49. The van der Waals surface area contributed by atoms with Gasteiger partial charge in [0, 0.05) is 18.8 Å². The molecule has 1 aromatic carbocycles. The lowest BCUT2D eigenvalue weighted by molar-refractivity contribution is -0.126. The number of anilines is 1. The second-order valence-corrected chi connectivity index (χ2v) is 5.51. The maximum Gasteiger partial charge on any atom is 0.264 e. The summed E-state index contributed by atoms with van der Waals surface area (Å²) in [6, 6.07) is 5.11. The Morgan fingerprint density at radius 3 is 2.95 bits per heavy atom. The molecule has 0 saturated carbocycles. The minimum Gasteiger partial charge on any atom is -0.385 e. The van der Waals surface area contributed by atoms with E-state index < -0.39 is 6.04 Å². The van der Waals surface area contributed by atoms with Gasteiger partial charge in [0.25, 0.3) is 5.56 Å². The molecule has 3 rings (SSSR count). The van der Waals surface area contributed by atoms with Crippen molar-refractivity contribution in [1.29, 1.82) is 0 Å². The number of hydrogen-bond donors (Lipinski definition) is 2. The first-order valence-corrected chi connectivity index (χ1v) is 7.67. The lowest BCUT2D eigenvalue weighted by Gasteiger charge is -2.25. The minimum atomic E-state index is -0.465. The molecule has 22 heavy (non-hydrogen) atoms. The molecule has 1 unspecified atom stereocenters. The molecule has 0 spiro atoms. The van der Waals surface area contributed by atoms with Gasteiger partial charge in [0.1, 0.15) is 11.9 Å². The number of piperidine rings is 1. The van der Waals surface area contributed by atoms with Gasteiger partial charge in [-0.05, 0) is 38.8 Å². The van der Waals surface area contributed by atoms with Crippen LogP contribution in [0.5, 0.6) is 0 Å². The highest BCUT2D eigenvalue weighted by Gasteiger charge is 2.27. The molecule has 1 aliphatic heterocycles. The van der Waals surface area contributed by atoms with Crippen LogP contribution in [0.1, 0.15) is 31.6 Å². The van der Waals surface area contributed by atoms with Gasteiger partial charge in [-0.2, -0.15) is 0 Å². The molecule has 2 aromatic rings. The Kier molecular flexibility index (Phi) is 3.83. The van der Waals surface area contributed by atoms with Crippen molar-refractivity contribution in [3.8, 4) is 0 Å². The molecule has 1 amide bonds. The Hall–Kier alpha value is -2.37. The Balaban J connectivity index is 2.24. The molecule has 1 saturated heterocycles. The fraction of sp³-hybridized carbons (Fsp3) is 0.438. The lowest BCUT2D eigenvalue weighted by Crippen LogP contribution is -2.42. The first kappa shape index (κ1) is 14.6. The fourth-order valence-electron chi connectivity index (χ4n) is 3.06. The molecule has 1 aliphatic rings. The lowest BCUT2D eigenvalue weighted by atomic mass is 10.1. The van der Waals surface area contributed by atoms with Crippen LogP contribution in [-0.4, -0.2) is 28.5 Å². The summed E-state index contributed by atoms with van der Waals surface area (Å²) in [6.45, 7) is 5.15. The van der Waals surface area contributed by atoms with E-state index in [2.05, 4.69) is 15.6 Å². The number of carbonyl (C=O) groups excluding carboxylic acids is 1. The minimum absolute atomic E-state index is 0.0986. The van der Waals surface area contributed by atoms with Gasteiger partial charge in [-0.15, -0.1) is 0 Å². The van der Waals surface area contributed by atoms with E-state index in [0.29, 0.717) is 29.7 Å². The van der Waals surface area contributed by atoms with Crippen LogP contribution in [0.25, 0.3) is 10.9 Å². The molecule has 1 atom stereocenters. The van der Waals surface area contributed by atoms with E-state index in [9.17, 15) is 9.59 Å². The summed E-state index contributed by atoms with van der Waals surface area (Å²) in [5.41, 5.74) is 1.27. The van der Waals surface area contributed by atoms with Crippen molar-refractivity contribution in [1.82, 2.24) is 14.9 Å². The average molecular weight is 300 g/mol. The molecule has 0 bridgehead atoms. The van der Waals surface area contributed by atoms with Crippen molar-refractivity contribution in [3.05, 3.63) is 34.4 Å². The van der Waals surface area contributed by atoms with E-state index in [-0.39, 0.29) is 11.5 Å². The molecule has 1 fully saturated rings.